The standard InChI is InChI=1S/C17H21NO2/c1-2-10-19-16-6-4-3-5-14(16)15-9-11-20-17(15)12-18-13-7-8-13/h3-6,9,11,13,18H,2,7-8,10,12H2,1H3. The molecule has 1 N–H and O–H groups in total. The molecule has 3 heteroatoms. The third-order valence-electron chi connectivity index (χ3n) is 3.51. The summed E-state index contributed by atoms with van der Waals surface area (Å²) >= 11 is 0. The highest BCUT2D eigenvalue weighted by Crippen LogP contribution is 2.33. The third kappa shape index (κ3) is 3.05. The minimum absolute atomic E-state index is 0.680. The highest BCUT2D eigenvalue weighted by molar-refractivity contribution is 5.71. The van der Waals surface area contributed by atoms with Crippen molar-refractivity contribution in [1.29, 1.82) is 0 Å². The van der Waals surface area contributed by atoms with E-state index < -0.39 is 0 Å². The fourth-order valence-corrected chi connectivity index (χ4v) is 2.27. The predicted molar refractivity (Wildman–Crippen MR) is 79.8 cm³/mol. The van der Waals surface area contributed by atoms with Gasteiger partial charge < -0.3 is 14.5 Å². The van der Waals surface area contributed by atoms with Crippen molar-refractivity contribution < 1.29 is 9.15 Å². The molecule has 1 heterocycles. The summed E-state index contributed by atoms with van der Waals surface area (Å²) in [5, 5.41) is 3.50. The van der Waals surface area contributed by atoms with Crippen molar-refractivity contribution in [3.63, 3.8) is 0 Å². The number of benzene rings is 1. The average molecular weight is 271 g/mol. The van der Waals surface area contributed by atoms with Crippen LogP contribution >= 0.6 is 0 Å². The third-order valence-corrected chi connectivity index (χ3v) is 3.51. The van der Waals surface area contributed by atoms with Gasteiger partial charge in [-0.25, -0.2) is 0 Å². The van der Waals surface area contributed by atoms with Gasteiger partial charge in [0.2, 0.25) is 0 Å². The number of nitrogens with one attached hydrogen (secondary N) is 1. The van der Waals surface area contributed by atoms with E-state index in [1.54, 1.807) is 6.26 Å². The molecule has 0 aliphatic heterocycles. The summed E-state index contributed by atoms with van der Waals surface area (Å²) in [6, 6.07) is 10.9. The maximum Gasteiger partial charge on any atom is 0.127 e. The Morgan fingerprint density at radius 3 is 2.85 bits per heavy atom. The zero-order valence-corrected chi connectivity index (χ0v) is 11.9. The zero-order valence-electron chi connectivity index (χ0n) is 11.9. The van der Waals surface area contributed by atoms with Crippen LogP contribution in [0.4, 0.5) is 0 Å². The number of hydrogen-bond donors (Lipinski definition) is 1. The van der Waals surface area contributed by atoms with Crippen LogP contribution in [0.1, 0.15) is 31.9 Å². The lowest BCUT2D eigenvalue weighted by atomic mass is 10.1. The van der Waals surface area contributed by atoms with Gasteiger partial charge in [-0.15, -0.1) is 0 Å². The van der Waals surface area contributed by atoms with Crippen molar-refractivity contribution in [2.75, 3.05) is 6.61 Å². The van der Waals surface area contributed by atoms with Crippen LogP contribution in [0.15, 0.2) is 41.0 Å². The first kappa shape index (κ1) is 13.3. The van der Waals surface area contributed by atoms with Gasteiger partial charge in [-0.3, -0.25) is 0 Å². The van der Waals surface area contributed by atoms with Crippen molar-refractivity contribution in [2.45, 2.75) is 38.8 Å². The van der Waals surface area contributed by atoms with Gasteiger partial charge >= 0.3 is 0 Å². The number of ether oxygens (including phenoxy) is 1. The maximum absolute atomic E-state index is 5.84. The first-order chi connectivity index (χ1) is 9.88. The molecule has 1 aliphatic rings. The van der Waals surface area contributed by atoms with Crippen LogP contribution in [-0.2, 0) is 6.54 Å². The Morgan fingerprint density at radius 1 is 1.20 bits per heavy atom. The molecule has 1 aromatic heterocycles. The van der Waals surface area contributed by atoms with E-state index in [2.05, 4.69) is 18.3 Å². The minimum atomic E-state index is 0.680. The molecule has 1 fully saturated rings. The van der Waals surface area contributed by atoms with Gasteiger partial charge in [-0.1, -0.05) is 25.1 Å². The van der Waals surface area contributed by atoms with Gasteiger partial charge in [-0.2, -0.15) is 0 Å². The lowest BCUT2D eigenvalue weighted by Crippen LogP contribution is -2.15. The molecule has 0 saturated heterocycles. The number of rotatable bonds is 7. The van der Waals surface area contributed by atoms with E-state index in [9.17, 15) is 0 Å². The molecular formula is C17H21NO2. The van der Waals surface area contributed by atoms with Crippen molar-refractivity contribution >= 4 is 0 Å². The fourth-order valence-electron chi connectivity index (χ4n) is 2.27. The lowest BCUT2D eigenvalue weighted by molar-refractivity contribution is 0.318. The van der Waals surface area contributed by atoms with Gasteiger partial charge in [0, 0.05) is 17.2 Å². The average Bonchev–Trinajstić information content (AvgIpc) is 3.20. The number of para-hydroxylation sites is 1. The molecule has 0 atom stereocenters. The summed E-state index contributed by atoms with van der Waals surface area (Å²) in [5.41, 5.74) is 2.24. The predicted octanol–water partition coefficient (Wildman–Crippen LogP) is 3.99. The van der Waals surface area contributed by atoms with E-state index >= 15 is 0 Å². The van der Waals surface area contributed by atoms with Gasteiger partial charge in [0.25, 0.3) is 0 Å². The quantitative estimate of drug-likeness (QED) is 0.827. The Bertz CT molecular complexity index is 558. The summed E-state index contributed by atoms with van der Waals surface area (Å²) in [6.45, 7) is 3.64. The highest BCUT2D eigenvalue weighted by Gasteiger charge is 2.21. The Hall–Kier alpha value is -1.74. The first-order valence-corrected chi connectivity index (χ1v) is 7.40. The van der Waals surface area contributed by atoms with Gasteiger partial charge in [0.05, 0.1) is 19.4 Å². The van der Waals surface area contributed by atoms with Crippen LogP contribution in [0.3, 0.4) is 0 Å². The highest BCUT2D eigenvalue weighted by atomic mass is 16.5. The molecule has 1 saturated carbocycles. The van der Waals surface area contributed by atoms with E-state index in [-0.39, 0.29) is 0 Å². The first-order valence-electron chi connectivity index (χ1n) is 7.40. The second-order valence-corrected chi connectivity index (χ2v) is 5.26. The van der Waals surface area contributed by atoms with Crippen LogP contribution in [0.2, 0.25) is 0 Å². The molecule has 0 amide bonds. The molecule has 1 aliphatic carbocycles. The minimum Gasteiger partial charge on any atom is -0.493 e. The summed E-state index contributed by atoms with van der Waals surface area (Å²) in [5.74, 6) is 1.92. The molecule has 1 aromatic carbocycles. The van der Waals surface area contributed by atoms with E-state index in [4.69, 9.17) is 9.15 Å². The zero-order chi connectivity index (χ0) is 13.8. The largest absolute Gasteiger partial charge is 0.493 e. The molecule has 3 rings (SSSR count). The monoisotopic (exact) mass is 271 g/mol. The molecule has 2 aromatic rings. The number of furan rings is 1. The van der Waals surface area contributed by atoms with Gasteiger partial charge in [0.1, 0.15) is 11.5 Å². The fraction of sp³-hybridized carbons (Fsp3) is 0.412. The molecular weight excluding hydrogens is 250 g/mol. The second kappa shape index (κ2) is 6.14. The Balaban J connectivity index is 1.82. The molecule has 0 unspecified atom stereocenters. The summed E-state index contributed by atoms with van der Waals surface area (Å²) in [7, 11) is 0. The Kier molecular flexibility index (Phi) is 4.07. The molecule has 106 valence electrons. The van der Waals surface area contributed by atoms with Crippen molar-refractivity contribution in [3.05, 3.63) is 42.4 Å². The van der Waals surface area contributed by atoms with Crippen LogP contribution < -0.4 is 10.1 Å². The summed E-state index contributed by atoms with van der Waals surface area (Å²) in [4.78, 5) is 0. The van der Waals surface area contributed by atoms with Crippen LogP contribution in [-0.4, -0.2) is 12.6 Å². The van der Waals surface area contributed by atoms with Gasteiger partial charge in [-0.05, 0) is 31.4 Å². The van der Waals surface area contributed by atoms with Crippen LogP contribution in [0.25, 0.3) is 11.1 Å². The van der Waals surface area contributed by atoms with Crippen LogP contribution in [0, 0.1) is 0 Å². The molecule has 0 spiro atoms. The SMILES string of the molecule is CCCOc1ccccc1-c1ccoc1CNC1CC1. The summed E-state index contributed by atoms with van der Waals surface area (Å²) < 4.78 is 11.5. The van der Waals surface area contributed by atoms with E-state index in [1.807, 2.05) is 24.3 Å². The number of hydrogen-bond acceptors (Lipinski definition) is 3. The van der Waals surface area contributed by atoms with E-state index in [0.29, 0.717) is 6.04 Å². The van der Waals surface area contributed by atoms with E-state index in [0.717, 1.165) is 42.2 Å². The molecule has 3 nitrogen and oxygen atoms in total. The Labute approximate surface area is 119 Å². The topological polar surface area (TPSA) is 34.4 Å². The van der Waals surface area contributed by atoms with Crippen LogP contribution in [0.5, 0.6) is 5.75 Å². The molecule has 0 bridgehead atoms. The van der Waals surface area contributed by atoms with Crippen molar-refractivity contribution in [3.8, 4) is 16.9 Å². The van der Waals surface area contributed by atoms with Gasteiger partial charge in [0.15, 0.2) is 0 Å². The second-order valence-electron chi connectivity index (χ2n) is 5.26. The van der Waals surface area contributed by atoms with Crippen molar-refractivity contribution in [1.82, 2.24) is 5.32 Å². The normalized spacial score (nSPS) is 14.4. The smallest absolute Gasteiger partial charge is 0.127 e. The van der Waals surface area contributed by atoms with E-state index in [1.165, 1.54) is 12.8 Å². The van der Waals surface area contributed by atoms with Crippen molar-refractivity contribution in [2.24, 2.45) is 0 Å². The lowest BCUT2D eigenvalue weighted by Gasteiger charge is -2.11. The maximum atomic E-state index is 5.84. The Morgan fingerprint density at radius 2 is 2.05 bits per heavy atom. The molecule has 20 heavy (non-hydrogen) atoms. The molecule has 0 radical (unpaired) electrons. The summed E-state index contributed by atoms with van der Waals surface area (Å²) in [6.07, 6.45) is 5.34.